The quantitative estimate of drug-likeness (QED) is 0.297. The van der Waals surface area contributed by atoms with Gasteiger partial charge >= 0.3 is 12.2 Å². The molecule has 2 heterocycles. The van der Waals surface area contributed by atoms with Gasteiger partial charge in [0.05, 0.1) is 11.6 Å². The maximum Gasteiger partial charge on any atom is 0.406 e. The third-order valence-corrected chi connectivity index (χ3v) is 10.1. The molecule has 0 spiro atoms. The van der Waals surface area contributed by atoms with Crippen molar-refractivity contribution in [2.75, 3.05) is 18.9 Å². The first-order valence-electron chi connectivity index (χ1n) is 15.7. The van der Waals surface area contributed by atoms with E-state index < -0.39 is 41.6 Å². The van der Waals surface area contributed by atoms with Gasteiger partial charge in [0.1, 0.15) is 17.8 Å². The largest absolute Gasteiger partial charge is 0.406 e. The molecule has 4 amide bonds. The average Bonchev–Trinajstić information content (AvgIpc) is 3.87. The Morgan fingerprint density at radius 1 is 1.09 bits per heavy atom. The summed E-state index contributed by atoms with van der Waals surface area (Å²) in [6.07, 6.45) is -0.705. The molecule has 244 valence electrons. The molecule has 6 rings (SSSR count). The first kappa shape index (κ1) is 31.3. The summed E-state index contributed by atoms with van der Waals surface area (Å²) in [6.45, 7) is 5.61. The predicted molar refractivity (Wildman–Crippen MR) is 157 cm³/mol. The van der Waals surface area contributed by atoms with Gasteiger partial charge in [0, 0.05) is 12.2 Å². The average molecular weight is 632 g/mol. The van der Waals surface area contributed by atoms with Gasteiger partial charge in [0.15, 0.2) is 5.69 Å². The van der Waals surface area contributed by atoms with Crippen molar-refractivity contribution in [2.45, 2.75) is 89.1 Å². The van der Waals surface area contributed by atoms with Gasteiger partial charge in [-0.15, -0.1) is 0 Å². The van der Waals surface area contributed by atoms with E-state index in [2.05, 4.69) is 36.2 Å². The zero-order valence-electron chi connectivity index (χ0n) is 25.8. The molecule has 0 bridgehead atoms. The Morgan fingerprint density at radius 3 is 2.29 bits per heavy atom. The molecule has 2 aromatic rings. The van der Waals surface area contributed by atoms with Crippen LogP contribution in [0.15, 0.2) is 22.8 Å². The molecular weight excluding hydrogens is 591 g/mol. The van der Waals surface area contributed by atoms with E-state index in [4.69, 9.17) is 0 Å². The van der Waals surface area contributed by atoms with Gasteiger partial charge in [-0.3, -0.25) is 9.59 Å². The van der Waals surface area contributed by atoms with Crippen molar-refractivity contribution in [3.05, 3.63) is 40.7 Å². The van der Waals surface area contributed by atoms with Crippen LogP contribution in [0.25, 0.3) is 0 Å². The summed E-state index contributed by atoms with van der Waals surface area (Å²) in [5.74, 6) is -0.281. The minimum absolute atomic E-state index is 0.00894. The van der Waals surface area contributed by atoms with Gasteiger partial charge in [0.25, 0.3) is 5.91 Å². The lowest BCUT2D eigenvalue weighted by Crippen LogP contribution is -2.67. The summed E-state index contributed by atoms with van der Waals surface area (Å²) in [6, 6.07) is 1.50. The number of alkyl halides is 3. The maximum atomic E-state index is 14.5. The van der Waals surface area contributed by atoms with E-state index in [-0.39, 0.29) is 43.0 Å². The molecule has 2 saturated carbocycles. The minimum Gasteiger partial charge on any atom is -0.338 e. The van der Waals surface area contributed by atoms with Crippen LogP contribution in [0.4, 0.5) is 23.7 Å². The van der Waals surface area contributed by atoms with Crippen LogP contribution in [0.2, 0.25) is 0 Å². The van der Waals surface area contributed by atoms with Crippen molar-refractivity contribution in [1.29, 1.82) is 0 Å². The molecule has 1 aromatic carbocycles. The number of halogens is 3. The lowest BCUT2D eigenvalue weighted by Gasteiger charge is -2.44. The fraction of sp³-hybridized carbons (Fsp3) is 0.645. The van der Waals surface area contributed by atoms with Gasteiger partial charge in [-0.1, -0.05) is 25.1 Å². The number of rotatable bonds is 11. The SMILES string of the molecule is CNC(C(F)(F)F)C1(N2C[C@@H](C(C)C)NC2=O)Cc2ccc(NC(=O)[C@@H](NC(=O)c3nonc3C)C(C3CC3)C3CC3)cc2C1. The second-order valence-electron chi connectivity index (χ2n) is 13.5. The molecule has 1 saturated heterocycles. The lowest BCUT2D eigenvalue weighted by molar-refractivity contribution is -0.181. The smallest absolute Gasteiger partial charge is 0.338 e. The molecular formula is C31H40F3N7O4. The maximum absolute atomic E-state index is 14.5. The Kier molecular flexibility index (Phi) is 8.07. The highest BCUT2D eigenvalue weighted by Crippen LogP contribution is 2.51. The Morgan fingerprint density at radius 2 is 1.76 bits per heavy atom. The van der Waals surface area contributed by atoms with E-state index in [0.717, 1.165) is 25.7 Å². The topological polar surface area (TPSA) is 141 Å². The van der Waals surface area contributed by atoms with Crippen LogP contribution in [0.3, 0.4) is 0 Å². The summed E-state index contributed by atoms with van der Waals surface area (Å²) in [5, 5.41) is 18.5. The van der Waals surface area contributed by atoms with E-state index >= 15 is 0 Å². The molecule has 4 aliphatic rings. The normalized spacial score (nSPS) is 24.5. The minimum atomic E-state index is -4.62. The third-order valence-electron chi connectivity index (χ3n) is 10.1. The molecule has 3 aliphatic carbocycles. The van der Waals surface area contributed by atoms with Crippen LogP contribution in [0, 0.1) is 30.6 Å². The van der Waals surface area contributed by atoms with Crippen molar-refractivity contribution >= 4 is 23.5 Å². The van der Waals surface area contributed by atoms with Crippen molar-refractivity contribution in [1.82, 2.24) is 31.2 Å². The molecule has 3 fully saturated rings. The van der Waals surface area contributed by atoms with Gasteiger partial charge < -0.3 is 26.2 Å². The monoisotopic (exact) mass is 631 g/mol. The molecule has 2 unspecified atom stereocenters. The zero-order chi connectivity index (χ0) is 32.3. The number of likely N-dealkylation sites (N-methyl/N-ethyl adjacent to an activating group) is 1. The zero-order valence-corrected chi connectivity index (χ0v) is 25.8. The molecule has 1 aromatic heterocycles. The van der Waals surface area contributed by atoms with Crippen molar-refractivity contribution in [3.63, 3.8) is 0 Å². The molecule has 1 aliphatic heterocycles. The number of carbonyl (C=O) groups excluding carboxylic acids is 3. The fourth-order valence-corrected chi connectivity index (χ4v) is 7.47. The van der Waals surface area contributed by atoms with Crippen molar-refractivity contribution in [2.24, 2.45) is 23.7 Å². The van der Waals surface area contributed by atoms with Gasteiger partial charge in [-0.25, -0.2) is 9.42 Å². The number of urea groups is 1. The number of benzene rings is 1. The van der Waals surface area contributed by atoms with E-state index in [0.29, 0.717) is 34.3 Å². The molecule has 4 N–H and O–H groups in total. The summed E-state index contributed by atoms with van der Waals surface area (Å²) in [7, 11) is 1.27. The van der Waals surface area contributed by atoms with Crippen LogP contribution in [0.5, 0.6) is 0 Å². The summed E-state index contributed by atoms with van der Waals surface area (Å²) >= 11 is 0. The third kappa shape index (κ3) is 6.00. The van der Waals surface area contributed by atoms with Crippen LogP contribution in [-0.4, -0.2) is 76.5 Å². The molecule has 11 nitrogen and oxygen atoms in total. The van der Waals surface area contributed by atoms with Gasteiger partial charge in [-0.05, 0) is 105 Å². The molecule has 0 radical (unpaired) electrons. The number of aryl methyl sites for hydroxylation is 1. The molecule has 4 atom stereocenters. The number of carbonyl (C=O) groups is 3. The van der Waals surface area contributed by atoms with Gasteiger partial charge in [0.2, 0.25) is 5.91 Å². The van der Waals surface area contributed by atoms with Crippen LogP contribution in [0.1, 0.15) is 66.8 Å². The lowest BCUT2D eigenvalue weighted by atomic mass is 9.84. The van der Waals surface area contributed by atoms with Crippen molar-refractivity contribution < 1.29 is 32.2 Å². The fourth-order valence-electron chi connectivity index (χ4n) is 7.47. The number of fused-ring (bicyclic) bond motifs is 1. The van der Waals surface area contributed by atoms with Crippen LogP contribution < -0.4 is 21.3 Å². The van der Waals surface area contributed by atoms with Crippen LogP contribution >= 0.6 is 0 Å². The standard InChI is InChI=1S/C31H40F3N7O4/c1-15(2)22-14-41(29(44)37-22)30(28(35-4)31(32,33)34)12-19-9-10-21(11-20(19)13-30)36-27(43)25(23(17-5-6-17)18-7-8-18)38-26(42)24-16(3)39-45-40-24/h9-11,15,17-18,22-23,25,28,35H,5-8,12-14H2,1-4H3,(H,36,43)(H,37,44)(H,38,42)/t22-,25-,28?,30?/m0/s1. The first-order valence-corrected chi connectivity index (χ1v) is 15.7. The second-order valence-corrected chi connectivity index (χ2v) is 13.5. The number of hydrogen-bond acceptors (Lipinski definition) is 7. The summed E-state index contributed by atoms with van der Waals surface area (Å²) in [4.78, 5) is 41.5. The van der Waals surface area contributed by atoms with E-state index in [1.54, 1.807) is 25.1 Å². The van der Waals surface area contributed by atoms with E-state index in [9.17, 15) is 27.6 Å². The summed E-state index contributed by atoms with van der Waals surface area (Å²) in [5.41, 5.74) is 0.469. The molecule has 14 heteroatoms. The second kappa shape index (κ2) is 11.6. The summed E-state index contributed by atoms with van der Waals surface area (Å²) < 4.78 is 48.3. The Balaban J connectivity index is 1.27. The van der Waals surface area contributed by atoms with Gasteiger partial charge in [-0.2, -0.15) is 13.2 Å². The number of anilines is 1. The predicted octanol–water partition coefficient (Wildman–Crippen LogP) is 3.59. The Bertz CT molecular complexity index is 1460. The first-order chi connectivity index (χ1) is 21.3. The van der Waals surface area contributed by atoms with E-state index in [1.165, 1.54) is 11.9 Å². The Hall–Kier alpha value is -3.68. The number of nitrogens with one attached hydrogen (secondary N) is 4. The molecule has 45 heavy (non-hydrogen) atoms. The number of aromatic nitrogens is 2. The Labute approximate surface area is 259 Å². The highest BCUT2D eigenvalue weighted by Gasteiger charge is 2.60. The highest BCUT2D eigenvalue weighted by atomic mass is 19.4. The van der Waals surface area contributed by atoms with E-state index in [1.807, 2.05) is 13.8 Å². The number of amides is 4. The van der Waals surface area contributed by atoms with Crippen molar-refractivity contribution in [3.8, 4) is 0 Å². The van der Waals surface area contributed by atoms with Crippen LogP contribution in [-0.2, 0) is 17.6 Å². The number of nitrogens with zero attached hydrogens (tertiary/aromatic N) is 3. The number of hydrogen-bond donors (Lipinski definition) is 4. The highest BCUT2D eigenvalue weighted by molar-refractivity contribution is 6.01.